The van der Waals surface area contributed by atoms with Crippen molar-refractivity contribution in [2.45, 2.75) is 32.1 Å². The highest BCUT2D eigenvalue weighted by Crippen LogP contribution is 2.27. The molecule has 1 N–H and O–H groups in total. The van der Waals surface area contributed by atoms with E-state index >= 15 is 0 Å². The van der Waals surface area contributed by atoms with Crippen LogP contribution in [0, 0.1) is 11.8 Å². The molecule has 1 heterocycles. The Balaban J connectivity index is 1.75. The quantitative estimate of drug-likeness (QED) is 0.754. The number of anilines is 1. The van der Waals surface area contributed by atoms with E-state index in [1.54, 1.807) is 24.3 Å². The van der Waals surface area contributed by atoms with Crippen LogP contribution >= 0.6 is 0 Å². The van der Waals surface area contributed by atoms with Gasteiger partial charge < -0.3 is 5.32 Å². The second-order valence-electron chi connectivity index (χ2n) is 7.88. The summed E-state index contributed by atoms with van der Waals surface area (Å²) in [5, 5.41) is 2.74. The fraction of sp³-hybridized carbons (Fsp3) is 0.364. The van der Waals surface area contributed by atoms with Crippen molar-refractivity contribution in [1.82, 2.24) is 4.31 Å². The van der Waals surface area contributed by atoms with Gasteiger partial charge in [0.1, 0.15) is 0 Å². The minimum Gasteiger partial charge on any atom is -0.322 e. The highest BCUT2D eigenvalue weighted by molar-refractivity contribution is 7.89. The summed E-state index contributed by atoms with van der Waals surface area (Å²) < 4.78 is 27.4. The van der Waals surface area contributed by atoms with E-state index in [2.05, 4.69) is 19.2 Å². The molecule has 1 saturated heterocycles. The monoisotopic (exact) mass is 414 g/mol. The van der Waals surface area contributed by atoms with Gasteiger partial charge in [-0.25, -0.2) is 8.42 Å². The maximum atomic E-state index is 12.9. The summed E-state index contributed by atoms with van der Waals surface area (Å²) in [4.78, 5) is 24.2. The minimum absolute atomic E-state index is 0.0861. The molecule has 2 atom stereocenters. The van der Waals surface area contributed by atoms with Gasteiger partial charge in [-0.3, -0.25) is 9.59 Å². The molecule has 29 heavy (non-hydrogen) atoms. The molecule has 0 spiro atoms. The van der Waals surface area contributed by atoms with Crippen molar-refractivity contribution >= 4 is 27.4 Å². The number of ketones is 1. The third kappa shape index (κ3) is 4.92. The molecular weight excluding hydrogens is 388 g/mol. The first kappa shape index (κ1) is 21.2. The van der Waals surface area contributed by atoms with Gasteiger partial charge in [0.05, 0.1) is 4.90 Å². The molecule has 0 radical (unpaired) electrons. The summed E-state index contributed by atoms with van der Waals surface area (Å²) in [6, 6.07) is 12.6. The number of sulfonamides is 1. The Bertz CT molecular complexity index is 1010. The van der Waals surface area contributed by atoms with E-state index in [4.69, 9.17) is 0 Å². The van der Waals surface area contributed by atoms with Crippen LogP contribution < -0.4 is 5.32 Å². The molecule has 154 valence electrons. The molecular formula is C22H26N2O4S. The van der Waals surface area contributed by atoms with Gasteiger partial charge in [-0.05, 0) is 61.6 Å². The average molecular weight is 415 g/mol. The maximum Gasteiger partial charge on any atom is 0.255 e. The topological polar surface area (TPSA) is 83.5 Å². The van der Waals surface area contributed by atoms with Gasteiger partial charge in [0.15, 0.2) is 5.78 Å². The molecule has 2 aromatic carbocycles. The van der Waals surface area contributed by atoms with E-state index in [1.165, 1.54) is 35.5 Å². The number of piperidine rings is 1. The van der Waals surface area contributed by atoms with Crippen molar-refractivity contribution in [3.63, 3.8) is 0 Å². The van der Waals surface area contributed by atoms with Gasteiger partial charge in [-0.15, -0.1) is 0 Å². The Hall–Kier alpha value is -2.51. The number of amides is 1. The predicted molar refractivity (Wildman–Crippen MR) is 113 cm³/mol. The largest absolute Gasteiger partial charge is 0.322 e. The molecule has 1 fully saturated rings. The number of carbonyl (C=O) groups is 2. The molecule has 0 aromatic heterocycles. The first-order chi connectivity index (χ1) is 13.7. The van der Waals surface area contributed by atoms with Crippen LogP contribution in [0.4, 0.5) is 5.69 Å². The van der Waals surface area contributed by atoms with E-state index in [1.807, 2.05) is 0 Å². The van der Waals surface area contributed by atoms with Gasteiger partial charge >= 0.3 is 0 Å². The summed E-state index contributed by atoms with van der Waals surface area (Å²) in [6.45, 7) is 6.62. The van der Waals surface area contributed by atoms with Gasteiger partial charge in [0.2, 0.25) is 10.0 Å². The molecule has 7 heteroatoms. The summed E-state index contributed by atoms with van der Waals surface area (Å²) in [5.74, 6) is 0.195. The fourth-order valence-electron chi connectivity index (χ4n) is 3.75. The second kappa shape index (κ2) is 8.47. The van der Waals surface area contributed by atoms with E-state index in [-0.39, 0.29) is 16.6 Å². The zero-order chi connectivity index (χ0) is 21.2. The van der Waals surface area contributed by atoms with Crippen molar-refractivity contribution in [2.75, 3.05) is 18.4 Å². The van der Waals surface area contributed by atoms with E-state index in [0.29, 0.717) is 41.7 Å². The molecule has 2 aromatic rings. The molecule has 0 unspecified atom stereocenters. The SMILES string of the molecule is CC(=O)c1cccc(NC(=O)c2ccc(S(=O)(=O)N3C[C@@H](C)C[C@H](C)C3)cc2)c1. The standard InChI is InChI=1S/C22H26N2O4S/c1-15-11-16(2)14-24(13-15)29(27,28)21-9-7-18(8-10-21)22(26)23-20-6-4-5-19(12-20)17(3)25/h4-10,12,15-16H,11,13-14H2,1-3H3,(H,23,26)/t15-,16-/m0/s1. The summed E-state index contributed by atoms with van der Waals surface area (Å²) in [7, 11) is -3.58. The van der Waals surface area contributed by atoms with Crippen LogP contribution in [-0.2, 0) is 10.0 Å². The summed E-state index contributed by atoms with van der Waals surface area (Å²) in [5.41, 5.74) is 1.36. The molecule has 0 bridgehead atoms. The number of hydrogen-bond donors (Lipinski definition) is 1. The van der Waals surface area contributed by atoms with Gasteiger partial charge in [0, 0.05) is 29.9 Å². The summed E-state index contributed by atoms with van der Waals surface area (Å²) in [6.07, 6.45) is 1.02. The van der Waals surface area contributed by atoms with E-state index in [0.717, 1.165) is 6.42 Å². The Morgan fingerprint density at radius 1 is 0.966 bits per heavy atom. The van der Waals surface area contributed by atoms with Crippen LogP contribution in [0.1, 0.15) is 47.9 Å². The Morgan fingerprint density at radius 2 is 1.59 bits per heavy atom. The molecule has 3 rings (SSSR count). The summed E-state index contributed by atoms with van der Waals surface area (Å²) >= 11 is 0. The number of rotatable bonds is 5. The number of nitrogens with one attached hydrogen (secondary N) is 1. The second-order valence-corrected chi connectivity index (χ2v) is 9.82. The first-order valence-electron chi connectivity index (χ1n) is 9.69. The van der Waals surface area contributed by atoms with Crippen LogP contribution in [0.25, 0.3) is 0 Å². The first-order valence-corrected chi connectivity index (χ1v) is 11.1. The molecule has 1 aliphatic heterocycles. The normalized spacial score (nSPS) is 20.2. The lowest BCUT2D eigenvalue weighted by Crippen LogP contribution is -2.42. The van der Waals surface area contributed by atoms with Crippen LogP contribution in [-0.4, -0.2) is 37.5 Å². The third-order valence-corrected chi connectivity index (χ3v) is 6.96. The van der Waals surface area contributed by atoms with Gasteiger partial charge in [0.25, 0.3) is 5.91 Å². The Morgan fingerprint density at radius 3 is 2.17 bits per heavy atom. The zero-order valence-corrected chi connectivity index (χ0v) is 17.7. The lowest BCUT2D eigenvalue weighted by atomic mass is 9.94. The third-order valence-electron chi connectivity index (χ3n) is 5.12. The number of hydrogen-bond acceptors (Lipinski definition) is 4. The smallest absolute Gasteiger partial charge is 0.255 e. The highest BCUT2D eigenvalue weighted by Gasteiger charge is 2.31. The minimum atomic E-state index is -3.58. The number of nitrogens with zero attached hydrogens (tertiary/aromatic N) is 1. The van der Waals surface area contributed by atoms with Crippen molar-refractivity contribution < 1.29 is 18.0 Å². The van der Waals surface area contributed by atoms with Crippen molar-refractivity contribution in [3.05, 3.63) is 59.7 Å². The number of Topliss-reactive ketones (excluding diaryl/α,β-unsaturated/α-hetero) is 1. The van der Waals surface area contributed by atoms with Crippen molar-refractivity contribution in [2.24, 2.45) is 11.8 Å². The van der Waals surface area contributed by atoms with Crippen LogP contribution in [0.5, 0.6) is 0 Å². The Labute approximate surface area is 172 Å². The molecule has 6 nitrogen and oxygen atoms in total. The lowest BCUT2D eigenvalue weighted by Gasteiger charge is -2.34. The molecule has 1 amide bonds. The molecule has 0 saturated carbocycles. The predicted octanol–water partition coefficient (Wildman–Crippen LogP) is 3.81. The fourth-order valence-corrected chi connectivity index (χ4v) is 5.43. The molecule has 0 aliphatic carbocycles. The van der Waals surface area contributed by atoms with Crippen molar-refractivity contribution in [3.8, 4) is 0 Å². The van der Waals surface area contributed by atoms with Crippen LogP contribution in [0.3, 0.4) is 0 Å². The zero-order valence-electron chi connectivity index (χ0n) is 16.9. The molecule has 1 aliphatic rings. The lowest BCUT2D eigenvalue weighted by molar-refractivity contribution is 0.101. The number of carbonyl (C=O) groups excluding carboxylic acids is 2. The number of benzene rings is 2. The van der Waals surface area contributed by atoms with E-state index in [9.17, 15) is 18.0 Å². The van der Waals surface area contributed by atoms with Gasteiger partial charge in [-0.2, -0.15) is 4.31 Å². The van der Waals surface area contributed by atoms with Crippen molar-refractivity contribution in [1.29, 1.82) is 0 Å². The van der Waals surface area contributed by atoms with Gasteiger partial charge in [-0.1, -0.05) is 26.0 Å². The van der Waals surface area contributed by atoms with E-state index < -0.39 is 10.0 Å². The Kier molecular flexibility index (Phi) is 6.19. The van der Waals surface area contributed by atoms with Crippen LogP contribution in [0.2, 0.25) is 0 Å². The van der Waals surface area contributed by atoms with Crippen LogP contribution in [0.15, 0.2) is 53.4 Å². The highest BCUT2D eigenvalue weighted by atomic mass is 32.2. The maximum absolute atomic E-state index is 12.9. The average Bonchev–Trinajstić information content (AvgIpc) is 2.67.